The summed E-state index contributed by atoms with van der Waals surface area (Å²) in [6.45, 7) is 5.43. The molecular formula is C16H25NO. The molecule has 100 valence electrons. The molecule has 1 heterocycles. The molecule has 2 rings (SSSR count). The van der Waals surface area contributed by atoms with Crippen molar-refractivity contribution in [2.24, 2.45) is 0 Å². The summed E-state index contributed by atoms with van der Waals surface area (Å²) in [6, 6.07) is 8.84. The Labute approximate surface area is 111 Å². The fourth-order valence-electron chi connectivity index (χ4n) is 2.71. The average Bonchev–Trinajstić information content (AvgIpc) is 2.57. The Bertz CT molecular complexity index is 335. The van der Waals surface area contributed by atoms with E-state index in [4.69, 9.17) is 0 Å². The molecule has 1 aromatic carbocycles. The smallest absolute Gasteiger partial charge is 0.0512 e. The van der Waals surface area contributed by atoms with Crippen LogP contribution in [0.2, 0.25) is 0 Å². The van der Waals surface area contributed by atoms with Crippen LogP contribution in [0.25, 0.3) is 0 Å². The maximum Gasteiger partial charge on any atom is 0.0512 e. The third-order valence-corrected chi connectivity index (χ3v) is 3.86. The molecule has 1 N–H and O–H groups in total. The molecule has 0 amide bonds. The second-order valence-electron chi connectivity index (χ2n) is 5.46. The summed E-state index contributed by atoms with van der Waals surface area (Å²) < 4.78 is 0. The molecule has 0 saturated heterocycles. The molecule has 0 radical (unpaired) electrons. The first-order chi connectivity index (χ1) is 8.75. The lowest BCUT2D eigenvalue weighted by molar-refractivity contribution is 0.177. The molecule has 1 unspecified atom stereocenters. The highest BCUT2D eigenvalue weighted by Crippen LogP contribution is 2.16. The molecule has 1 aromatic rings. The van der Waals surface area contributed by atoms with Crippen molar-refractivity contribution in [1.29, 1.82) is 0 Å². The van der Waals surface area contributed by atoms with Gasteiger partial charge in [-0.2, -0.15) is 0 Å². The number of unbranched alkanes of at least 4 members (excludes halogenated alkanes) is 1. The van der Waals surface area contributed by atoms with Crippen LogP contribution < -0.4 is 0 Å². The number of benzene rings is 1. The lowest BCUT2D eigenvalue weighted by atomic mass is 10.0. The van der Waals surface area contributed by atoms with E-state index in [1.165, 1.54) is 50.0 Å². The Hall–Kier alpha value is -0.860. The summed E-state index contributed by atoms with van der Waals surface area (Å²) in [6.07, 6.45) is 5.52. The largest absolute Gasteiger partial charge is 0.393 e. The second-order valence-corrected chi connectivity index (χ2v) is 5.46. The number of nitrogens with zero attached hydrogens (tertiary/aromatic N) is 1. The molecule has 2 heteroatoms. The molecule has 0 spiro atoms. The zero-order valence-electron chi connectivity index (χ0n) is 11.4. The minimum atomic E-state index is -0.140. The Morgan fingerprint density at radius 2 is 1.72 bits per heavy atom. The maximum atomic E-state index is 9.24. The van der Waals surface area contributed by atoms with Crippen molar-refractivity contribution >= 4 is 0 Å². The van der Waals surface area contributed by atoms with E-state index in [-0.39, 0.29) is 6.10 Å². The van der Waals surface area contributed by atoms with E-state index in [0.29, 0.717) is 0 Å². The molecular weight excluding hydrogens is 222 g/mol. The van der Waals surface area contributed by atoms with Crippen molar-refractivity contribution in [3.8, 4) is 0 Å². The third-order valence-electron chi connectivity index (χ3n) is 3.86. The van der Waals surface area contributed by atoms with Crippen molar-refractivity contribution in [3.63, 3.8) is 0 Å². The summed E-state index contributed by atoms with van der Waals surface area (Å²) in [5.74, 6) is 0. The topological polar surface area (TPSA) is 23.5 Å². The SMILES string of the molecule is CC(O)CCCCN1CCc2ccccc2CC1. The number of rotatable bonds is 5. The molecule has 0 saturated carbocycles. The van der Waals surface area contributed by atoms with Crippen LogP contribution >= 0.6 is 0 Å². The van der Waals surface area contributed by atoms with Crippen LogP contribution in [-0.2, 0) is 12.8 Å². The van der Waals surface area contributed by atoms with Gasteiger partial charge in [0.15, 0.2) is 0 Å². The highest BCUT2D eigenvalue weighted by molar-refractivity contribution is 5.28. The predicted octanol–water partition coefficient (Wildman–Crippen LogP) is 2.64. The van der Waals surface area contributed by atoms with Crippen molar-refractivity contribution in [1.82, 2.24) is 4.90 Å². The van der Waals surface area contributed by atoms with Crippen molar-refractivity contribution < 1.29 is 5.11 Å². The minimum Gasteiger partial charge on any atom is -0.393 e. The number of aliphatic hydroxyl groups is 1. The monoisotopic (exact) mass is 247 g/mol. The van der Waals surface area contributed by atoms with E-state index >= 15 is 0 Å². The Morgan fingerprint density at radius 1 is 1.11 bits per heavy atom. The Kier molecular flexibility index (Phi) is 5.21. The van der Waals surface area contributed by atoms with Gasteiger partial charge in [-0.3, -0.25) is 0 Å². The van der Waals surface area contributed by atoms with E-state index in [1.807, 2.05) is 6.92 Å². The zero-order valence-corrected chi connectivity index (χ0v) is 11.4. The highest BCUT2D eigenvalue weighted by atomic mass is 16.3. The summed E-state index contributed by atoms with van der Waals surface area (Å²) in [7, 11) is 0. The highest BCUT2D eigenvalue weighted by Gasteiger charge is 2.12. The number of hydrogen-bond donors (Lipinski definition) is 1. The van der Waals surface area contributed by atoms with Crippen molar-refractivity contribution in [2.75, 3.05) is 19.6 Å². The average molecular weight is 247 g/mol. The van der Waals surface area contributed by atoms with E-state index in [0.717, 1.165) is 12.8 Å². The normalized spacial score (nSPS) is 18.1. The van der Waals surface area contributed by atoms with Gasteiger partial charge in [-0.1, -0.05) is 24.3 Å². The summed E-state index contributed by atoms with van der Waals surface area (Å²) in [5, 5.41) is 9.24. The van der Waals surface area contributed by atoms with Crippen LogP contribution in [0, 0.1) is 0 Å². The van der Waals surface area contributed by atoms with E-state index in [2.05, 4.69) is 29.2 Å². The van der Waals surface area contributed by atoms with Crippen LogP contribution in [-0.4, -0.2) is 35.7 Å². The van der Waals surface area contributed by atoms with Crippen LogP contribution in [0.15, 0.2) is 24.3 Å². The number of fused-ring (bicyclic) bond motifs is 1. The second kappa shape index (κ2) is 6.91. The molecule has 2 nitrogen and oxygen atoms in total. The van der Waals surface area contributed by atoms with Crippen LogP contribution in [0.5, 0.6) is 0 Å². The summed E-state index contributed by atoms with van der Waals surface area (Å²) in [4.78, 5) is 2.57. The molecule has 1 atom stereocenters. The van der Waals surface area contributed by atoms with Gasteiger partial charge in [-0.25, -0.2) is 0 Å². The fourth-order valence-corrected chi connectivity index (χ4v) is 2.71. The van der Waals surface area contributed by atoms with E-state index in [1.54, 1.807) is 0 Å². The zero-order chi connectivity index (χ0) is 12.8. The fraction of sp³-hybridized carbons (Fsp3) is 0.625. The van der Waals surface area contributed by atoms with Crippen molar-refractivity contribution in [3.05, 3.63) is 35.4 Å². The van der Waals surface area contributed by atoms with Gasteiger partial charge in [-0.15, -0.1) is 0 Å². The first-order valence-corrected chi connectivity index (χ1v) is 7.23. The van der Waals surface area contributed by atoms with Gasteiger partial charge in [-0.05, 0) is 56.7 Å². The molecule has 0 fully saturated rings. The lowest BCUT2D eigenvalue weighted by Gasteiger charge is -2.19. The van der Waals surface area contributed by atoms with Gasteiger partial charge < -0.3 is 10.0 Å². The van der Waals surface area contributed by atoms with Gasteiger partial charge in [0, 0.05) is 13.1 Å². The van der Waals surface area contributed by atoms with Crippen LogP contribution in [0.1, 0.15) is 37.3 Å². The molecule has 0 aliphatic carbocycles. The van der Waals surface area contributed by atoms with Gasteiger partial charge in [0.05, 0.1) is 6.10 Å². The number of aliphatic hydroxyl groups excluding tert-OH is 1. The van der Waals surface area contributed by atoms with E-state index in [9.17, 15) is 5.11 Å². The molecule has 0 aromatic heterocycles. The lowest BCUT2D eigenvalue weighted by Crippen LogP contribution is -2.27. The molecule has 0 bridgehead atoms. The standard InChI is InChI=1S/C16H25NO/c1-14(18)6-4-5-11-17-12-9-15-7-2-3-8-16(15)10-13-17/h2-3,7-8,14,18H,4-6,9-13H2,1H3. The first-order valence-electron chi connectivity index (χ1n) is 7.23. The Balaban J connectivity index is 1.74. The molecule has 18 heavy (non-hydrogen) atoms. The molecule has 1 aliphatic heterocycles. The van der Waals surface area contributed by atoms with Gasteiger partial charge in [0.1, 0.15) is 0 Å². The third kappa shape index (κ3) is 4.11. The van der Waals surface area contributed by atoms with Gasteiger partial charge >= 0.3 is 0 Å². The van der Waals surface area contributed by atoms with Gasteiger partial charge in [0.2, 0.25) is 0 Å². The Morgan fingerprint density at radius 3 is 2.28 bits per heavy atom. The van der Waals surface area contributed by atoms with Crippen LogP contribution in [0.3, 0.4) is 0 Å². The number of hydrogen-bond acceptors (Lipinski definition) is 2. The van der Waals surface area contributed by atoms with Crippen LogP contribution in [0.4, 0.5) is 0 Å². The first kappa shape index (κ1) is 13.6. The quantitative estimate of drug-likeness (QED) is 0.809. The predicted molar refractivity (Wildman–Crippen MR) is 75.8 cm³/mol. The van der Waals surface area contributed by atoms with Crippen molar-refractivity contribution in [2.45, 2.75) is 45.1 Å². The van der Waals surface area contributed by atoms with E-state index < -0.39 is 0 Å². The minimum absolute atomic E-state index is 0.140. The van der Waals surface area contributed by atoms with Gasteiger partial charge in [0.25, 0.3) is 0 Å². The summed E-state index contributed by atoms with van der Waals surface area (Å²) in [5.41, 5.74) is 3.06. The molecule has 1 aliphatic rings. The maximum absolute atomic E-state index is 9.24. The summed E-state index contributed by atoms with van der Waals surface area (Å²) >= 11 is 0.